The lowest BCUT2D eigenvalue weighted by atomic mass is 9.75. The number of nitrogens with zero attached hydrogens (tertiary/aromatic N) is 2. The Kier molecular flexibility index (Phi) is 5.79. The summed E-state index contributed by atoms with van der Waals surface area (Å²) in [6.45, 7) is 6.74. The first-order valence-corrected chi connectivity index (χ1v) is 10.3. The van der Waals surface area contributed by atoms with E-state index in [0.717, 1.165) is 25.7 Å². The summed E-state index contributed by atoms with van der Waals surface area (Å²) in [7, 11) is 0. The average molecular weight is 380 g/mol. The summed E-state index contributed by atoms with van der Waals surface area (Å²) in [6.07, 6.45) is 3.76. The number of hydrogen-bond donors (Lipinski definition) is 1. The maximum Gasteiger partial charge on any atom is 0.314 e. The molecule has 1 aliphatic carbocycles. The number of rotatable bonds is 4. The average Bonchev–Trinajstić information content (AvgIpc) is 3.22. The lowest BCUT2D eigenvalue weighted by Gasteiger charge is -2.48. The Balaban J connectivity index is 1.82. The van der Waals surface area contributed by atoms with Crippen molar-refractivity contribution in [3.63, 3.8) is 0 Å². The van der Waals surface area contributed by atoms with Crippen molar-refractivity contribution in [3.8, 4) is 0 Å². The van der Waals surface area contributed by atoms with Crippen molar-refractivity contribution in [2.45, 2.75) is 77.0 Å². The summed E-state index contributed by atoms with van der Waals surface area (Å²) in [6, 6.07) is -0.135. The number of hydrogen-bond acceptors (Lipinski definition) is 5. The highest BCUT2D eigenvalue weighted by molar-refractivity contribution is 5.93. The van der Waals surface area contributed by atoms with Crippen molar-refractivity contribution >= 4 is 17.8 Å². The van der Waals surface area contributed by atoms with E-state index in [1.165, 1.54) is 0 Å². The second kappa shape index (κ2) is 7.78. The minimum Gasteiger partial charge on any atom is -0.466 e. The molecular weight excluding hydrogens is 348 g/mol. The van der Waals surface area contributed by atoms with Gasteiger partial charge in [0.2, 0.25) is 5.91 Å². The van der Waals surface area contributed by atoms with Gasteiger partial charge < -0.3 is 19.6 Å². The molecule has 2 atom stereocenters. The molecule has 0 radical (unpaired) electrons. The number of likely N-dealkylation sites (tertiary alicyclic amines) is 2. The number of amides is 2. The standard InChI is InChI=1S/C20H32N2O5/c1-4-27-19(26)15-16(23)18(25)22(13(2)3)20(15)9-11-21(12-10-20)17(24)14-7-5-6-8-14/h13-16,23H,4-12H2,1-3H3/t15-,16-/m1/s1. The van der Waals surface area contributed by atoms with Gasteiger partial charge >= 0.3 is 5.97 Å². The summed E-state index contributed by atoms with van der Waals surface area (Å²) in [4.78, 5) is 41.7. The molecule has 152 valence electrons. The van der Waals surface area contributed by atoms with Gasteiger partial charge in [-0.25, -0.2) is 0 Å². The van der Waals surface area contributed by atoms with Crippen LogP contribution in [0.25, 0.3) is 0 Å². The lowest BCUT2D eigenvalue weighted by Crippen LogP contribution is -2.60. The fourth-order valence-electron chi connectivity index (χ4n) is 5.39. The Morgan fingerprint density at radius 2 is 1.81 bits per heavy atom. The maximum atomic E-state index is 12.8. The highest BCUT2D eigenvalue weighted by atomic mass is 16.5. The quantitative estimate of drug-likeness (QED) is 0.744. The molecule has 3 fully saturated rings. The van der Waals surface area contributed by atoms with Crippen LogP contribution in [0.5, 0.6) is 0 Å². The van der Waals surface area contributed by atoms with Crippen molar-refractivity contribution in [3.05, 3.63) is 0 Å². The molecule has 0 unspecified atom stereocenters. The summed E-state index contributed by atoms with van der Waals surface area (Å²) in [5.74, 6) is -1.49. The van der Waals surface area contributed by atoms with Gasteiger partial charge in [-0.15, -0.1) is 0 Å². The monoisotopic (exact) mass is 380 g/mol. The van der Waals surface area contributed by atoms with Crippen molar-refractivity contribution in [2.75, 3.05) is 19.7 Å². The van der Waals surface area contributed by atoms with Gasteiger partial charge in [-0.05, 0) is 46.5 Å². The number of piperidine rings is 1. The van der Waals surface area contributed by atoms with Gasteiger partial charge in [0, 0.05) is 25.0 Å². The molecule has 0 aromatic rings. The smallest absolute Gasteiger partial charge is 0.314 e. The second-order valence-corrected chi connectivity index (χ2v) is 8.39. The van der Waals surface area contributed by atoms with E-state index in [9.17, 15) is 19.5 Å². The minimum atomic E-state index is -1.37. The van der Waals surface area contributed by atoms with Crippen LogP contribution in [0.2, 0.25) is 0 Å². The molecule has 27 heavy (non-hydrogen) atoms. The van der Waals surface area contributed by atoms with Crippen molar-refractivity contribution in [1.29, 1.82) is 0 Å². The molecule has 3 rings (SSSR count). The summed E-state index contributed by atoms with van der Waals surface area (Å²) in [5, 5.41) is 10.6. The van der Waals surface area contributed by atoms with E-state index in [1.54, 1.807) is 11.8 Å². The van der Waals surface area contributed by atoms with E-state index < -0.39 is 29.4 Å². The maximum absolute atomic E-state index is 12.8. The van der Waals surface area contributed by atoms with Crippen LogP contribution < -0.4 is 0 Å². The number of esters is 1. The van der Waals surface area contributed by atoms with E-state index in [-0.39, 0.29) is 24.5 Å². The van der Waals surface area contributed by atoms with Gasteiger partial charge in [0.25, 0.3) is 5.91 Å². The highest BCUT2D eigenvalue weighted by Crippen LogP contribution is 2.46. The topological polar surface area (TPSA) is 87.2 Å². The molecule has 0 bridgehead atoms. The fraction of sp³-hybridized carbons (Fsp3) is 0.850. The number of carbonyl (C=O) groups is 3. The molecule has 7 nitrogen and oxygen atoms in total. The third-order valence-corrected chi connectivity index (χ3v) is 6.57. The van der Waals surface area contributed by atoms with Crippen LogP contribution in [-0.4, -0.2) is 70.1 Å². The molecule has 2 saturated heterocycles. The van der Waals surface area contributed by atoms with Crippen molar-refractivity contribution in [1.82, 2.24) is 9.80 Å². The SMILES string of the molecule is CCOC(=O)[C@H]1[C@@H](O)C(=O)N(C(C)C)C12CCN(C(=O)C1CCCC1)CC2. The Morgan fingerprint density at radius 3 is 2.33 bits per heavy atom. The molecule has 0 aromatic carbocycles. The molecular formula is C20H32N2O5. The van der Waals surface area contributed by atoms with Crippen LogP contribution in [0.3, 0.4) is 0 Å². The van der Waals surface area contributed by atoms with Crippen LogP contribution in [0.15, 0.2) is 0 Å². The Hall–Kier alpha value is -1.63. The van der Waals surface area contributed by atoms with Gasteiger partial charge in [0.15, 0.2) is 0 Å². The molecule has 2 amide bonds. The zero-order valence-corrected chi connectivity index (χ0v) is 16.6. The molecule has 0 aromatic heterocycles. The largest absolute Gasteiger partial charge is 0.466 e. The number of aliphatic hydroxyl groups is 1. The fourth-order valence-corrected chi connectivity index (χ4v) is 5.39. The van der Waals surface area contributed by atoms with Crippen LogP contribution in [-0.2, 0) is 19.1 Å². The van der Waals surface area contributed by atoms with Crippen LogP contribution >= 0.6 is 0 Å². The zero-order valence-electron chi connectivity index (χ0n) is 16.6. The summed E-state index contributed by atoms with van der Waals surface area (Å²) < 4.78 is 5.20. The molecule has 7 heteroatoms. The Morgan fingerprint density at radius 1 is 1.22 bits per heavy atom. The van der Waals surface area contributed by atoms with Crippen molar-refractivity contribution < 1.29 is 24.2 Å². The molecule has 3 aliphatic rings. The van der Waals surface area contributed by atoms with E-state index in [2.05, 4.69) is 0 Å². The third kappa shape index (κ3) is 3.35. The predicted octanol–water partition coefficient (Wildman–Crippen LogP) is 1.33. The van der Waals surface area contributed by atoms with E-state index in [1.807, 2.05) is 18.7 Å². The minimum absolute atomic E-state index is 0.122. The van der Waals surface area contributed by atoms with Gasteiger partial charge in [-0.3, -0.25) is 14.4 Å². The normalized spacial score (nSPS) is 28.4. The predicted molar refractivity (Wildman–Crippen MR) is 98.6 cm³/mol. The Bertz CT molecular complexity index is 591. The second-order valence-electron chi connectivity index (χ2n) is 8.39. The molecule has 2 heterocycles. The first-order valence-electron chi connectivity index (χ1n) is 10.3. The highest BCUT2D eigenvalue weighted by Gasteiger charge is 2.63. The van der Waals surface area contributed by atoms with Crippen molar-refractivity contribution in [2.24, 2.45) is 11.8 Å². The molecule has 2 aliphatic heterocycles. The number of aliphatic hydroxyl groups excluding tert-OH is 1. The van der Waals surface area contributed by atoms with Gasteiger partial charge in [-0.2, -0.15) is 0 Å². The lowest BCUT2D eigenvalue weighted by molar-refractivity contribution is -0.157. The molecule has 1 spiro atoms. The molecule has 1 N–H and O–H groups in total. The van der Waals surface area contributed by atoms with Gasteiger partial charge in [0.05, 0.1) is 12.1 Å². The van der Waals surface area contributed by atoms with Gasteiger partial charge in [0.1, 0.15) is 12.0 Å². The number of carbonyl (C=O) groups excluding carboxylic acids is 3. The summed E-state index contributed by atoms with van der Waals surface area (Å²) >= 11 is 0. The van der Waals surface area contributed by atoms with E-state index in [4.69, 9.17) is 4.74 Å². The van der Waals surface area contributed by atoms with Crippen LogP contribution in [0.1, 0.15) is 59.3 Å². The van der Waals surface area contributed by atoms with E-state index >= 15 is 0 Å². The first kappa shape index (κ1) is 20.1. The van der Waals surface area contributed by atoms with Crippen LogP contribution in [0.4, 0.5) is 0 Å². The molecule has 1 saturated carbocycles. The number of ether oxygens (including phenoxy) is 1. The Labute approximate surface area is 161 Å². The summed E-state index contributed by atoms with van der Waals surface area (Å²) in [5.41, 5.74) is -0.774. The van der Waals surface area contributed by atoms with Gasteiger partial charge in [-0.1, -0.05) is 12.8 Å². The first-order chi connectivity index (χ1) is 12.8. The van der Waals surface area contributed by atoms with Crippen LogP contribution in [0, 0.1) is 11.8 Å². The third-order valence-electron chi connectivity index (χ3n) is 6.57. The zero-order chi connectivity index (χ0) is 19.8. The van der Waals surface area contributed by atoms with E-state index in [0.29, 0.717) is 25.9 Å².